The first-order valence-corrected chi connectivity index (χ1v) is 7.01. The Labute approximate surface area is 122 Å². The molecule has 3 rings (SSSR count). The highest BCUT2D eigenvalue weighted by Gasteiger charge is 2.23. The molecule has 0 bridgehead atoms. The van der Waals surface area contributed by atoms with Crippen molar-refractivity contribution in [2.24, 2.45) is 5.16 Å². The van der Waals surface area contributed by atoms with Crippen LogP contribution in [0.15, 0.2) is 39.3 Å². The molecule has 1 atom stereocenters. The first-order valence-electron chi connectivity index (χ1n) is 7.01. The van der Waals surface area contributed by atoms with Crippen molar-refractivity contribution in [2.45, 2.75) is 39.0 Å². The quantitative estimate of drug-likeness (QED) is 0.778. The van der Waals surface area contributed by atoms with E-state index < -0.39 is 0 Å². The van der Waals surface area contributed by atoms with Crippen LogP contribution in [0.1, 0.15) is 31.2 Å². The fourth-order valence-corrected chi connectivity index (χ4v) is 2.36. The van der Waals surface area contributed by atoms with Gasteiger partial charge in [0.05, 0.1) is 17.1 Å². The molecule has 2 aromatic rings. The van der Waals surface area contributed by atoms with Gasteiger partial charge in [-0.25, -0.2) is 9.97 Å². The molecule has 0 saturated heterocycles. The van der Waals surface area contributed by atoms with E-state index in [-0.39, 0.29) is 6.10 Å². The number of hydrogen-bond acceptors (Lipinski definition) is 7. The highest BCUT2D eigenvalue weighted by atomic mass is 16.6. The van der Waals surface area contributed by atoms with Crippen LogP contribution in [0, 0.1) is 0 Å². The molecule has 21 heavy (non-hydrogen) atoms. The van der Waals surface area contributed by atoms with E-state index in [4.69, 9.17) is 13.7 Å². The fourth-order valence-electron chi connectivity index (χ4n) is 2.36. The van der Waals surface area contributed by atoms with Crippen molar-refractivity contribution in [1.82, 2.24) is 14.9 Å². The predicted molar refractivity (Wildman–Crippen MR) is 74.3 cm³/mol. The number of oxime groups is 1. The summed E-state index contributed by atoms with van der Waals surface area (Å²) in [5.41, 5.74) is 2.88. The molecule has 7 heteroatoms. The van der Waals surface area contributed by atoms with Crippen LogP contribution in [0.25, 0.3) is 0 Å². The van der Waals surface area contributed by atoms with Crippen LogP contribution >= 0.6 is 0 Å². The van der Waals surface area contributed by atoms with E-state index in [9.17, 15) is 0 Å². The minimum Gasteiger partial charge on any atom is -0.451 e. The van der Waals surface area contributed by atoms with Crippen LogP contribution in [0.5, 0.6) is 0 Å². The van der Waals surface area contributed by atoms with Gasteiger partial charge in [-0.2, -0.15) is 0 Å². The Morgan fingerprint density at radius 1 is 1.14 bits per heavy atom. The lowest BCUT2D eigenvalue weighted by Gasteiger charge is -2.22. The summed E-state index contributed by atoms with van der Waals surface area (Å²) in [5.74, 6) is 0. The molecule has 1 aliphatic heterocycles. The number of nitrogens with zero attached hydrogens (tertiary/aromatic N) is 4. The van der Waals surface area contributed by atoms with Gasteiger partial charge in [-0.3, -0.25) is 4.90 Å². The Hall–Kier alpha value is -2.15. The smallest absolute Gasteiger partial charge is 0.180 e. The molecule has 1 aliphatic rings. The Morgan fingerprint density at radius 3 is 2.29 bits per heavy atom. The summed E-state index contributed by atoms with van der Waals surface area (Å²) in [5, 5.41) is 4.10. The average molecular weight is 290 g/mol. The molecule has 0 N–H and O–H groups in total. The molecule has 0 fully saturated rings. The summed E-state index contributed by atoms with van der Waals surface area (Å²) in [4.78, 5) is 16.0. The zero-order chi connectivity index (χ0) is 14.5. The van der Waals surface area contributed by atoms with Crippen LogP contribution in [0.3, 0.4) is 0 Å². The van der Waals surface area contributed by atoms with Crippen molar-refractivity contribution in [2.75, 3.05) is 6.54 Å². The molecule has 7 nitrogen and oxygen atoms in total. The van der Waals surface area contributed by atoms with Gasteiger partial charge in [0.15, 0.2) is 12.8 Å². The van der Waals surface area contributed by atoms with Gasteiger partial charge in [0.1, 0.15) is 18.6 Å². The maximum Gasteiger partial charge on any atom is 0.180 e. The third-order valence-corrected chi connectivity index (χ3v) is 3.40. The van der Waals surface area contributed by atoms with Gasteiger partial charge in [-0.05, 0) is 6.42 Å². The molecule has 0 aliphatic carbocycles. The van der Waals surface area contributed by atoms with E-state index in [1.54, 1.807) is 12.5 Å². The highest BCUT2D eigenvalue weighted by Crippen LogP contribution is 2.16. The molecule has 112 valence electrons. The minimum absolute atomic E-state index is 0.0822. The second kappa shape index (κ2) is 6.53. The van der Waals surface area contributed by atoms with Crippen molar-refractivity contribution in [1.29, 1.82) is 0 Å². The first kappa shape index (κ1) is 13.8. The summed E-state index contributed by atoms with van der Waals surface area (Å²) >= 11 is 0. The second-order valence-electron chi connectivity index (χ2n) is 5.07. The molecule has 0 radical (unpaired) electrons. The van der Waals surface area contributed by atoms with Crippen molar-refractivity contribution in [3.05, 3.63) is 36.7 Å². The van der Waals surface area contributed by atoms with E-state index in [0.717, 1.165) is 36.5 Å². The normalized spacial score (nSPS) is 18.0. The number of rotatable bonds is 7. The van der Waals surface area contributed by atoms with Crippen LogP contribution in [-0.2, 0) is 17.9 Å². The molecule has 0 aromatic carbocycles. The molecule has 0 spiro atoms. The topological polar surface area (TPSA) is 76.9 Å². The lowest BCUT2D eigenvalue weighted by Crippen LogP contribution is -2.32. The Bertz CT molecular complexity index is 529. The molecule has 2 aromatic heterocycles. The van der Waals surface area contributed by atoms with Crippen LogP contribution < -0.4 is 0 Å². The summed E-state index contributed by atoms with van der Waals surface area (Å²) < 4.78 is 10.1. The zero-order valence-electron chi connectivity index (χ0n) is 11.9. The maximum atomic E-state index is 5.48. The lowest BCUT2D eigenvalue weighted by atomic mass is 10.1. The second-order valence-corrected chi connectivity index (χ2v) is 5.07. The molecular weight excluding hydrogens is 272 g/mol. The first-order chi connectivity index (χ1) is 10.3. The van der Waals surface area contributed by atoms with Gasteiger partial charge < -0.3 is 13.7 Å². The minimum atomic E-state index is 0.0822. The van der Waals surface area contributed by atoms with Gasteiger partial charge in [0, 0.05) is 26.1 Å². The summed E-state index contributed by atoms with van der Waals surface area (Å²) in [6.07, 6.45) is 8.08. The van der Waals surface area contributed by atoms with Gasteiger partial charge >= 0.3 is 0 Å². The Morgan fingerprint density at radius 2 is 1.81 bits per heavy atom. The van der Waals surface area contributed by atoms with Crippen molar-refractivity contribution < 1.29 is 13.7 Å². The SMILES string of the molecule is CCC1=NOC(CN(Cc2cocn2)Cc2cocn2)C1. The van der Waals surface area contributed by atoms with Crippen molar-refractivity contribution in [3.8, 4) is 0 Å². The largest absolute Gasteiger partial charge is 0.451 e. The molecule has 3 heterocycles. The summed E-state index contributed by atoms with van der Waals surface area (Å²) in [7, 11) is 0. The number of oxazole rings is 2. The Balaban J connectivity index is 1.61. The fraction of sp³-hybridized carbons (Fsp3) is 0.500. The molecule has 0 saturated carbocycles. The zero-order valence-corrected chi connectivity index (χ0v) is 11.9. The average Bonchev–Trinajstić information content (AvgIpc) is 3.20. The van der Waals surface area contributed by atoms with Crippen molar-refractivity contribution >= 4 is 5.71 Å². The van der Waals surface area contributed by atoms with Crippen LogP contribution in [0.4, 0.5) is 0 Å². The monoisotopic (exact) mass is 290 g/mol. The number of hydrogen-bond donors (Lipinski definition) is 0. The molecule has 1 unspecified atom stereocenters. The van der Waals surface area contributed by atoms with E-state index in [2.05, 4.69) is 26.9 Å². The lowest BCUT2D eigenvalue weighted by molar-refractivity contribution is 0.0472. The molecule has 0 amide bonds. The summed E-state index contributed by atoms with van der Waals surface area (Å²) in [6.45, 7) is 4.19. The summed E-state index contributed by atoms with van der Waals surface area (Å²) in [6, 6.07) is 0. The van der Waals surface area contributed by atoms with E-state index in [0.29, 0.717) is 13.1 Å². The Kier molecular flexibility index (Phi) is 4.30. The van der Waals surface area contributed by atoms with E-state index in [1.807, 2.05) is 0 Å². The third-order valence-electron chi connectivity index (χ3n) is 3.40. The van der Waals surface area contributed by atoms with Crippen molar-refractivity contribution in [3.63, 3.8) is 0 Å². The third kappa shape index (κ3) is 3.69. The van der Waals surface area contributed by atoms with Crippen LogP contribution in [0.2, 0.25) is 0 Å². The van der Waals surface area contributed by atoms with E-state index >= 15 is 0 Å². The maximum absolute atomic E-state index is 5.48. The molecular formula is C14H18N4O3. The van der Waals surface area contributed by atoms with E-state index in [1.165, 1.54) is 12.8 Å². The van der Waals surface area contributed by atoms with Gasteiger partial charge in [0.2, 0.25) is 0 Å². The van der Waals surface area contributed by atoms with Crippen LogP contribution in [-0.4, -0.2) is 33.2 Å². The predicted octanol–water partition coefficient (Wildman–Crippen LogP) is 2.22. The highest BCUT2D eigenvalue weighted by molar-refractivity contribution is 5.85. The van der Waals surface area contributed by atoms with Gasteiger partial charge in [0.25, 0.3) is 0 Å². The van der Waals surface area contributed by atoms with Gasteiger partial charge in [-0.15, -0.1) is 0 Å². The number of aromatic nitrogens is 2. The van der Waals surface area contributed by atoms with Gasteiger partial charge in [-0.1, -0.05) is 12.1 Å². The standard InChI is InChI=1S/C14H18N4O3/c1-2-11-3-14(21-17-11)6-18(4-12-7-19-9-15-12)5-13-8-20-10-16-13/h7-10,14H,2-6H2,1H3.